The monoisotopic (exact) mass is 203 g/mol. The Morgan fingerprint density at radius 3 is 3.00 bits per heavy atom. The van der Waals surface area contributed by atoms with Crippen molar-refractivity contribution < 1.29 is 4.74 Å². The second kappa shape index (κ2) is 6.10. The lowest BCUT2D eigenvalue weighted by molar-refractivity contribution is 0.327. The van der Waals surface area contributed by atoms with Crippen molar-refractivity contribution in [3.8, 4) is 18.1 Å². The zero-order valence-corrected chi connectivity index (χ0v) is 9.07. The molecule has 0 saturated heterocycles. The van der Waals surface area contributed by atoms with E-state index in [-0.39, 0.29) is 6.04 Å². The SMILES string of the molecule is C#CCCOc1cccc(CC(C)N)c1. The molecule has 80 valence electrons. The van der Waals surface area contributed by atoms with Crippen LogP contribution in [0, 0.1) is 12.3 Å². The molecular weight excluding hydrogens is 186 g/mol. The molecule has 0 heterocycles. The van der Waals surface area contributed by atoms with Crippen molar-refractivity contribution in [1.82, 2.24) is 0 Å². The van der Waals surface area contributed by atoms with Gasteiger partial charge >= 0.3 is 0 Å². The van der Waals surface area contributed by atoms with Crippen molar-refractivity contribution in [2.45, 2.75) is 25.8 Å². The molecule has 0 fully saturated rings. The number of hydrogen-bond donors (Lipinski definition) is 1. The van der Waals surface area contributed by atoms with Crippen molar-refractivity contribution in [1.29, 1.82) is 0 Å². The Labute approximate surface area is 91.4 Å². The minimum absolute atomic E-state index is 0.172. The van der Waals surface area contributed by atoms with E-state index in [1.807, 2.05) is 25.1 Å². The van der Waals surface area contributed by atoms with Crippen LogP contribution in [0.3, 0.4) is 0 Å². The van der Waals surface area contributed by atoms with Gasteiger partial charge in [0.15, 0.2) is 0 Å². The van der Waals surface area contributed by atoms with Gasteiger partial charge in [0.2, 0.25) is 0 Å². The molecule has 0 aliphatic rings. The summed E-state index contributed by atoms with van der Waals surface area (Å²) in [6.07, 6.45) is 6.65. The maximum Gasteiger partial charge on any atom is 0.119 e. The number of benzene rings is 1. The highest BCUT2D eigenvalue weighted by atomic mass is 16.5. The van der Waals surface area contributed by atoms with Gasteiger partial charge in [-0.3, -0.25) is 0 Å². The van der Waals surface area contributed by atoms with Crippen LogP contribution in [-0.2, 0) is 6.42 Å². The quantitative estimate of drug-likeness (QED) is 0.586. The van der Waals surface area contributed by atoms with Gasteiger partial charge in [0.1, 0.15) is 5.75 Å². The zero-order chi connectivity index (χ0) is 11.1. The van der Waals surface area contributed by atoms with Gasteiger partial charge in [0.05, 0.1) is 6.61 Å². The average Bonchev–Trinajstić information content (AvgIpc) is 2.18. The molecule has 0 aliphatic carbocycles. The molecule has 2 nitrogen and oxygen atoms in total. The summed E-state index contributed by atoms with van der Waals surface area (Å²) in [4.78, 5) is 0. The summed E-state index contributed by atoms with van der Waals surface area (Å²) in [6.45, 7) is 2.56. The standard InChI is InChI=1S/C13H17NO/c1-3-4-8-15-13-7-5-6-12(10-13)9-11(2)14/h1,5-7,10-11H,4,8-9,14H2,2H3. The van der Waals surface area contributed by atoms with Crippen LogP contribution in [0.25, 0.3) is 0 Å². The third-order valence-corrected chi connectivity index (χ3v) is 1.97. The Bertz CT molecular complexity index is 339. The first-order valence-electron chi connectivity index (χ1n) is 5.13. The molecule has 2 N–H and O–H groups in total. The van der Waals surface area contributed by atoms with Crippen LogP contribution in [-0.4, -0.2) is 12.6 Å². The summed E-state index contributed by atoms with van der Waals surface area (Å²) in [6, 6.07) is 8.15. The minimum Gasteiger partial charge on any atom is -0.493 e. The van der Waals surface area contributed by atoms with E-state index < -0.39 is 0 Å². The third-order valence-electron chi connectivity index (χ3n) is 1.97. The maximum absolute atomic E-state index is 5.73. The fourth-order valence-corrected chi connectivity index (χ4v) is 1.36. The molecule has 0 spiro atoms. The second-order valence-corrected chi connectivity index (χ2v) is 3.63. The first-order chi connectivity index (χ1) is 7.22. The number of rotatable bonds is 5. The third kappa shape index (κ3) is 4.53. The first kappa shape index (κ1) is 11.6. The van der Waals surface area contributed by atoms with E-state index in [0.717, 1.165) is 12.2 Å². The molecule has 0 radical (unpaired) electrons. The van der Waals surface area contributed by atoms with Gasteiger partial charge < -0.3 is 10.5 Å². The summed E-state index contributed by atoms with van der Waals surface area (Å²) < 4.78 is 5.49. The van der Waals surface area contributed by atoms with Crippen LogP contribution in [0.2, 0.25) is 0 Å². The molecule has 1 atom stereocenters. The van der Waals surface area contributed by atoms with Crippen molar-refractivity contribution in [3.05, 3.63) is 29.8 Å². The van der Waals surface area contributed by atoms with Crippen LogP contribution in [0.5, 0.6) is 5.75 Å². The van der Waals surface area contributed by atoms with E-state index in [2.05, 4.69) is 12.0 Å². The average molecular weight is 203 g/mol. The number of hydrogen-bond acceptors (Lipinski definition) is 2. The Balaban J connectivity index is 2.54. The zero-order valence-electron chi connectivity index (χ0n) is 9.07. The van der Waals surface area contributed by atoms with Crippen molar-refractivity contribution in [3.63, 3.8) is 0 Å². The highest BCUT2D eigenvalue weighted by Gasteiger charge is 1.99. The summed E-state index contributed by atoms with van der Waals surface area (Å²) in [5.41, 5.74) is 6.93. The molecule has 1 aromatic carbocycles. The van der Waals surface area contributed by atoms with E-state index in [0.29, 0.717) is 13.0 Å². The van der Waals surface area contributed by atoms with Gasteiger partial charge in [-0.25, -0.2) is 0 Å². The van der Waals surface area contributed by atoms with Gasteiger partial charge in [-0.2, -0.15) is 0 Å². The molecule has 0 amide bonds. The Morgan fingerprint density at radius 1 is 1.53 bits per heavy atom. The van der Waals surface area contributed by atoms with Gasteiger partial charge in [0, 0.05) is 12.5 Å². The molecule has 0 aromatic heterocycles. The molecule has 0 saturated carbocycles. The summed E-state index contributed by atoms with van der Waals surface area (Å²) in [5.74, 6) is 3.40. The van der Waals surface area contributed by atoms with Crippen LogP contribution in [0.4, 0.5) is 0 Å². The van der Waals surface area contributed by atoms with Crippen LogP contribution in [0.1, 0.15) is 18.9 Å². The molecule has 1 unspecified atom stereocenters. The van der Waals surface area contributed by atoms with Crippen LogP contribution in [0.15, 0.2) is 24.3 Å². The molecule has 2 heteroatoms. The first-order valence-corrected chi connectivity index (χ1v) is 5.13. The largest absolute Gasteiger partial charge is 0.493 e. The predicted octanol–water partition coefficient (Wildman–Crippen LogP) is 1.98. The van der Waals surface area contributed by atoms with E-state index in [9.17, 15) is 0 Å². The lowest BCUT2D eigenvalue weighted by atomic mass is 10.1. The lowest BCUT2D eigenvalue weighted by Crippen LogP contribution is -2.17. The summed E-state index contributed by atoms with van der Waals surface area (Å²) in [7, 11) is 0. The van der Waals surface area contributed by atoms with Gasteiger partial charge in [-0.15, -0.1) is 12.3 Å². The van der Waals surface area contributed by atoms with Gasteiger partial charge in [-0.05, 0) is 31.0 Å². The fourth-order valence-electron chi connectivity index (χ4n) is 1.36. The number of ether oxygens (including phenoxy) is 1. The molecule has 15 heavy (non-hydrogen) atoms. The van der Waals surface area contributed by atoms with E-state index in [1.165, 1.54) is 5.56 Å². The van der Waals surface area contributed by atoms with Crippen molar-refractivity contribution in [2.24, 2.45) is 5.73 Å². The number of nitrogens with two attached hydrogens (primary N) is 1. The predicted molar refractivity (Wildman–Crippen MR) is 62.7 cm³/mol. The number of terminal acetylenes is 1. The van der Waals surface area contributed by atoms with Crippen LogP contribution >= 0.6 is 0 Å². The van der Waals surface area contributed by atoms with E-state index >= 15 is 0 Å². The van der Waals surface area contributed by atoms with E-state index in [4.69, 9.17) is 16.9 Å². The second-order valence-electron chi connectivity index (χ2n) is 3.63. The maximum atomic E-state index is 5.73. The molecular formula is C13H17NO. The lowest BCUT2D eigenvalue weighted by Gasteiger charge is -2.08. The van der Waals surface area contributed by atoms with Gasteiger partial charge in [-0.1, -0.05) is 12.1 Å². The topological polar surface area (TPSA) is 35.2 Å². The smallest absolute Gasteiger partial charge is 0.119 e. The van der Waals surface area contributed by atoms with Crippen LogP contribution < -0.4 is 10.5 Å². The highest BCUT2D eigenvalue weighted by Crippen LogP contribution is 2.14. The normalized spacial score (nSPS) is 11.8. The molecule has 1 rings (SSSR count). The summed E-state index contributed by atoms with van der Waals surface area (Å²) in [5, 5.41) is 0. The Hall–Kier alpha value is -1.46. The highest BCUT2D eigenvalue weighted by molar-refractivity contribution is 5.29. The molecule has 1 aromatic rings. The summed E-state index contributed by atoms with van der Waals surface area (Å²) >= 11 is 0. The van der Waals surface area contributed by atoms with Crippen molar-refractivity contribution >= 4 is 0 Å². The molecule has 0 bridgehead atoms. The molecule has 0 aliphatic heterocycles. The van der Waals surface area contributed by atoms with E-state index in [1.54, 1.807) is 0 Å². The minimum atomic E-state index is 0.172. The van der Waals surface area contributed by atoms with Gasteiger partial charge in [0.25, 0.3) is 0 Å². The fraction of sp³-hybridized carbons (Fsp3) is 0.385. The Kier molecular flexibility index (Phi) is 4.73. The Morgan fingerprint density at radius 2 is 2.33 bits per heavy atom. The van der Waals surface area contributed by atoms with Crippen molar-refractivity contribution in [2.75, 3.05) is 6.61 Å².